The van der Waals surface area contributed by atoms with E-state index >= 15 is 0 Å². The largest absolute Gasteiger partial charge is 0.469 e. The minimum absolute atomic E-state index is 0. The molecule has 0 bridgehead atoms. The summed E-state index contributed by atoms with van der Waals surface area (Å²) in [5, 5.41) is 7.64. The zero-order valence-electron chi connectivity index (χ0n) is 13.9. The molecule has 26 heavy (non-hydrogen) atoms. The molecule has 2 aromatic rings. The Balaban J connectivity index is 0.00000338. The molecule has 0 aromatic carbocycles. The van der Waals surface area contributed by atoms with Crippen molar-refractivity contribution in [2.75, 3.05) is 19.6 Å². The highest BCUT2D eigenvalue weighted by molar-refractivity contribution is 14.0. The normalized spacial score (nSPS) is 11.7. The molecule has 0 aliphatic carbocycles. The van der Waals surface area contributed by atoms with Crippen LogP contribution in [-0.2, 0) is 19.0 Å². The van der Waals surface area contributed by atoms with Crippen LogP contribution in [-0.4, -0.2) is 30.6 Å². The molecule has 2 rings (SSSR count). The zero-order chi connectivity index (χ0) is 18.1. The van der Waals surface area contributed by atoms with Crippen molar-refractivity contribution in [3.8, 4) is 0 Å². The molecule has 0 radical (unpaired) electrons. The van der Waals surface area contributed by atoms with Crippen molar-refractivity contribution < 1.29 is 17.6 Å². The molecule has 2 heterocycles. The van der Waals surface area contributed by atoms with Crippen LogP contribution >= 0.6 is 35.3 Å². The van der Waals surface area contributed by atoms with Gasteiger partial charge in [0.1, 0.15) is 5.76 Å². The average molecular weight is 500 g/mol. The van der Waals surface area contributed by atoms with Crippen molar-refractivity contribution in [2.45, 2.75) is 19.0 Å². The Kier molecular flexibility index (Phi) is 9.70. The third-order valence-electron chi connectivity index (χ3n) is 3.10. The Hall–Kier alpha value is -1.56. The number of halogens is 4. The average Bonchev–Trinajstić information content (AvgIpc) is 3.23. The third-order valence-corrected chi connectivity index (χ3v) is 4.00. The number of hydrogen-bond acceptors (Lipinski definition) is 4. The van der Waals surface area contributed by atoms with Crippen molar-refractivity contribution in [3.63, 3.8) is 0 Å². The maximum atomic E-state index is 12.5. The first-order chi connectivity index (χ1) is 12.0. The fourth-order valence-corrected chi connectivity index (χ4v) is 2.72. The van der Waals surface area contributed by atoms with Gasteiger partial charge in [0.15, 0.2) is 11.7 Å². The summed E-state index contributed by atoms with van der Waals surface area (Å²) in [5.74, 6) is 1.43. The number of furan rings is 1. The number of aliphatic imine (C=N–C) groups is 1. The molecular formula is C16H20F3IN4OS. The Morgan fingerprint density at radius 2 is 2.15 bits per heavy atom. The van der Waals surface area contributed by atoms with Crippen LogP contribution in [0.5, 0.6) is 0 Å². The van der Waals surface area contributed by atoms with Gasteiger partial charge in [-0.2, -0.15) is 13.2 Å². The van der Waals surface area contributed by atoms with Crippen LogP contribution in [0.25, 0.3) is 0 Å². The SMILES string of the molecule is C=CCNC(=NCCc1nc(C(F)(F)F)cs1)NCCc1ccco1.I. The number of nitrogens with one attached hydrogen (secondary N) is 2. The van der Waals surface area contributed by atoms with E-state index in [1.165, 1.54) is 0 Å². The van der Waals surface area contributed by atoms with Gasteiger partial charge in [-0.3, -0.25) is 4.99 Å². The van der Waals surface area contributed by atoms with Gasteiger partial charge >= 0.3 is 6.18 Å². The lowest BCUT2D eigenvalue weighted by Crippen LogP contribution is -2.38. The van der Waals surface area contributed by atoms with Crippen molar-refractivity contribution in [1.82, 2.24) is 15.6 Å². The highest BCUT2D eigenvalue weighted by Crippen LogP contribution is 2.30. The highest BCUT2D eigenvalue weighted by Gasteiger charge is 2.33. The predicted molar refractivity (Wildman–Crippen MR) is 107 cm³/mol. The molecule has 2 aromatic heterocycles. The Morgan fingerprint density at radius 1 is 1.35 bits per heavy atom. The first kappa shape index (κ1) is 22.5. The summed E-state index contributed by atoms with van der Waals surface area (Å²) in [5.41, 5.74) is -0.849. The zero-order valence-corrected chi connectivity index (χ0v) is 17.0. The second kappa shape index (κ2) is 11.2. The smallest absolute Gasteiger partial charge is 0.434 e. The molecule has 0 aliphatic rings. The summed E-state index contributed by atoms with van der Waals surface area (Å²) in [6, 6.07) is 3.71. The van der Waals surface area contributed by atoms with E-state index < -0.39 is 11.9 Å². The lowest BCUT2D eigenvalue weighted by atomic mass is 10.3. The van der Waals surface area contributed by atoms with Crippen molar-refractivity contribution >= 4 is 41.3 Å². The first-order valence-corrected chi connectivity index (χ1v) is 8.54. The van der Waals surface area contributed by atoms with Gasteiger partial charge in [0.25, 0.3) is 0 Å². The molecule has 0 fully saturated rings. The van der Waals surface area contributed by atoms with Gasteiger partial charge in [-0.05, 0) is 12.1 Å². The molecule has 0 amide bonds. The van der Waals surface area contributed by atoms with Crippen LogP contribution < -0.4 is 10.6 Å². The number of thiazole rings is 1. The van der Waals surface area contributed by atoms with Gasteiger partial charge in [0.05, 0.1) is 11.3 Å². The summed E-state index contributed by atoms with van der Waals surface area (Å²) in [6.07, 6.45) is -0.0467. The number of hydrogen-bond donors (Lipinski definition) is 2. The van der Waals surface area contributed by atoms with E-state index in [1.54, 1.807) is 12.3 Å². The fraction of sp³-hybridized carbons (Fsp3) is 0.375. The maximum absolute atomic E-state index is 12.5. The Bertz CT molecular complexity index is 686. The van der Waals surface area contributed by atoms with Crippen LogP contribution in [0.1, 0.15) is 16.5 Å². The topological polar surface area (TPSA) is 62.5 Å². The van der Waals surface area contributed by atoms with Crippen molar-refractivity contribution in [1.29, 1.82) is 0 Å². The van der Waals surface area contributed by atoms with Gasteiger partial charge in [0, 0.05) is 37.9 Å². The monoisotopic (exact) mass is 500 g/mol. The molecule has 0 saturated carbocycles. The van der Waals surface area contributed by atoms with Crippen LogP contribution in [0.4, 0.5) is 13.2 Å². The summed E-state index contributed by atoms with van der Waals surface area (Å²) in [7, 11) is 0. The van der Waals surface area contributed by atoms with Gasteiger partial charge in [-0.25, -0.2) is 4.98 Å². The van der Waals surface area contributed by atoms with Crippen LogP contribution in [0.2, 0.25) is 0 Å². The van der Waals surface area contributed by atoms with Crippen molar-refractivity contribution in [2.24, 2.45) is 4.99 Å². The maximum Gasteiger partial charge on any atom is 0.434 e. The van der Waals surface area contributed by atoms with Crippen LogP contribution in [0, 0.1) is 0 Å². The van der Waals surface area contributed by atoms with Gasteiger partial charge in [-0.15, -0.1) is 41.9 Å². The van der Waals surface area contributed by atoms with E-state index in [0.29, 0.717) is 43.4 Å². The Labute approximate surface area is 170 Å². The van der Waals surface area contributed by atoms with Crippen LogP contribution in [0.3, 0.4) is 0 Å². The summed E-state index contributed by atoms with van der Waals surface area (Å²) in [4.78, 5) is 7.94. The molecule has 144 valence electrons. The quantitative estimate of drug-likeness (QED) is 0.250. The van der Waals surface area contributed by atoms with Gasteiger partial charge in [0.2, 0.25) is 0 Å². The molecule has 0 unspecified atom stereocenters. The number of aromatic nitrogens is 1. The van der Waals surface area contributed by atoms with E-state index in [-0.39, 0.29) is 24.0 Å². The summed E-state index contributed by atoms with van der Waals surface area (Å²) < 4.78 is 42.8. The van der Waals surface area contributed by atoms with E-state index in [4.69, 9.17) is 4.42 Å². The lowest BCUT2D eigenvalue weighted by molar-refractivity contribution is -0.140. The highest BCUT2D eigenvalue weighted by atomic mass is 127. The van der Waals surface area contributed by atoms with Crippen molar-refractivity contribution in [3.05, 3.63) is 52.9 Å². The van der Waals surface area contributed by atoms with Gasteiger partial charge < -0.3 is 15.1 Å². The first-order valence-electron chi connectivity index (χ1n) is 7.66. The number of nitrogens with zero attached hydrogens (tertiary/aromatic N) is 2. The molecule has 0 saturated heterocycles. The second-order valence-corrected chi connectivity index (χ2v) is 5.97. The van der Waals surface area contributed by atoms with E-state index in [0.717, 1.165) is 22.5 Å². The number of alkyl halides is 3. The molecule has 2 N–H and O–H groups in total. The number of rotatable bonds is 8. The standard InChI is InChI=1S/C16H19F3N4OS.HI/c1-2-7-20-15(21-8-5-12-4-3-10-24-12)22-9-6-14-23-13(11-25-14)16(17,18)19;/h2-4,10-11H,1,5-9H2,(H2,20,21,22);1H. The molecule has 0 atom stereocenters. The number of guanidine groups is 1. The predicted octanol–water partition coefficient (Wildman–Crippen LogP) is 3.88. The Morgan fingerprint density at radius 3 is 2.77 bits per heavy atom. The minimum Gasteiger partial charge on any atom is -0.469 e. The van der Waals surface area contributed by atoms with Crippen LogP contribution in [0.15, 0.2) is 45.8 Å². The molecule has 5 nitrogen and oxygen atoms in total. The second-order valence-electron chi connectivity index (χ2n) is 5.03. The fourth-order valence-electron chi connectivity index (χ4n) is 1.92. The summed E-state index contributed by atoms with van der Waals surface area (Å²) in [6.45, 7) is 5.11. The lowest BCUT2D eigenvalue weighted by Gasteiger charge is -2.10. The van der Waals surface area contributed by atoms with E-state index in [9.17, 15) is 13.2 Å². The molecule has 10 heteroatoms. The van der Waals surface area contributed by atoms with Gasteiger partial charge in [-0.1, -0.05) is 6.08 Å². The van der Waals surface area contributed by atoms with E-state index in [2.05, 4.69) is 27.2 Å². The minimum atomic E-state index is -4.40. The summed E-state index contributed by atoms with van der Waals surface area (Å²) >= 11 is 0.992. The molecule has 0 spiro atoms. The molecular weight excluding hydrogens is 480 g/mol. The van der Waals surface area contributed by atoms with E-state index in [1.807, 2.05) is 12.1 Å². The third kappa shape index (κ3) is 7.77. The molecule has 0 aliphatic heterocycles.